The van der Waals surface area contributed by atoms with Crippen molar-refractivity contribution in [2.45, 2.75) is 39.2 Å². The number of hydrogen-bond acceptors (Lipinski definition) is 2. The molecular formula is C15H21N3. The van der Waals surface area contributed by atoms with E-state index in [2.05, 4.69) is 23.8 Å². The number of nitrogens with zero attached hydrogens (tertiary/aromatic N) is 1. The van der Waals surface area contributed by atoms with E-state index in [4.69, 9.17) is 5.73 Å². The third-order valence-corrected chi connectivity index (χ3v) is 3.17. The van der Waals surface area contributed by atoms with Gasteiger partial charge in [0, 0.05) is 5.69 Å². The van der Waals surface area contributed by atoms with Crippen molar-refractivity contribution in [1.29, 1.82) is 0 Å². The van der Waals surface area contributed by atoms with Gasteiger partial charge in [0.2, 0.25) is 0 Å². The van der Waals surface area contributed by atoms with Crippen LogP contribution in [0.4, 0.5) is 0 Å². The first-order valence-corrected chi connectivity index (χ1v) is 6.64. The number of hydrogen-bond donors (Lipinski definition) is 2. The lowest BCUT2D eigenvalue weighted by molar-refractivity contribution is 0.789. The average molecular weight is 243 g/mol. The highest BCUT2D eigenvalue weighted by Gasteiger charge is 2.15. The molecule has 1 aromatic heterocycles. The molecule has 1 unspecified atom stereocenters. The van der Waals surface area contributed by atoms with E-state index in [1.54, 1.807) is 0 Å². The first-order chi connectivity index (χ1) is 8.76. The van der Waals surface area contributed by atoms with E-state index in [1.807, 2.05) is 30.3 Å². The number of H-pyrrole nitrogens is 1. The minimum atomic E-state index is -0.165. The van der Waals surface area contributed by atoms with E-state index < -0.39 is 0 Å². The van der Waals surface area contributed by atoms with E-state index in [9.17, 15) is 0 Å². The van der Waals surface area contributed by atoms with Crippen molar-refractivity contribution in [3.63, 3.8) is 0 Å². The number of aryl methyl sites for hydroxylation is 2. The summed E-state index contributed by atoms with van der Waals surface area (Å²) >= 11 is 0. The van der Waals surface area contributed by atoms with Crippen LogP contribution in [-0.2, 0) is 12.8 Å². The van der Waals surface area contributed by atoms with Crippen LogP contribution in [0.5, 0.6) is 0 Å². The molecule has 3 nitrogen and oxygen atoms in total. The summed E-state index contributed by atoms with van der Waals surface area (Å²) in [5, 5.41) is 0. The summed E-state index contributed by atoms with van der Waals surface area (Å²) in [6, 6.07) is 9.93. The lowest BCUT2D eigenvalue weighted by atomic mass is 10.1. The molecule has 0 aliphatic carbocycles. The first kappa shape index (κ1) is 12.8. The number of benzene rings is 1. The molecule has 0 saturated carbocycles. The maximum atomic E-state index is 6.26. The Morgan fingerprint density at radius 3 is 2.56 bits per heavy atom. The summed E-state index contributed by atoms with van der Waals surface area (Å²) in [4.78, 5) is 8.04. The van der Waals surface area contributed by atoms with Crippen LogP contribution in [0.15, 0.2) is 30.3 Å². The molecule has 2 aromatic rings. The van der Waals surface area contributed by atoms with Gasteiger partial charge in [0.15, 0.2) is 0 Å². The van der Waals surface area contributed by atoms with Gasteiger partial charge in [-0.05, 0) is 18.4 Å². The number of aromatic amines is 1. The van der Waals surface area contributed by atoms with Gasteiger partial charge in [-0.1, -0.05) is 50.6 Å². The smallest absolute Gasteiger partial charge is 0.128 e. The number of aromatic nitrogens is 2. The topological polar surface area (TPSA) is 54.7 Å². The van der Waals surface area contributed by atoms with Crippen molar-refractivity contribution >= 4 is 0 Å². The van der Waals surface area contributed by atoms with Crippen molar-refractivity contribution in [2.24, 2.45) is 5.73 Å². The molecule has 0 amide bonds. The Morgan fingerprint density at radius 1 is 1.22 bits per heavy atom. The van der Waals surface area contributed by atoms with Gasteiger partial charge in [-0.3, -0.25) is 0 Å². The number of rotatable bonds is 5. The molecule has 0 aliphatic heterocycles. The third kappa shape index (κ3) is 2.62. The van der Waals surface area contributed by atoms with Gasteiger partial charge in [0.25, 0.3) is 0 Å². The minimum absolute atomic E-state index is 0.165. The van der Waals surface area contributed by atoms with E-state index in [1.165, 1.54) is 5.69 Å². The van der Waals surface area contributed by atoms with Gasteiger partial charge in [-0.25, -0.2) is 4.98 Å². The van der Waals surface area contributed by atoms with E-state index in [0.29, 0.717) is 0 Å². The van der Waals surface area contributed by atoms with Crippen LogP contribution >= 0.6 is 0 Å². The summed E-state index contributed by atoms with van der Waals surface area (Å²) in [7, 11) is 0. The molecule has 0 spiro atoms. The summed E-state index contributed by atoms with van der Waals surface area (Å²) in [6.07, 6.45) is 3.11. The van der Waals surface area contributed by atoms with Crippen molar-refractivity contribution < 1.29 is 0 Å². The van der Waals surface area contributed by atoms with Gasteiger partial charge >= 0.3 is 0 Å². The van der Waals surface area contributed by atoms with Crippen LogP contribution in [0, 0.1) is 0 Å². The number of nitrogens with two attached hydrogens (primary N) is 1. The standard InChI is InChI=1S/C15H21N3/c1-3-8-13-12(4-2)17-15(18-13)14(16)11-9-6-5-7-10-11/h5-7,9-10,14H,3-4,8,16H2,1-2H3,(H,17,18). The maximum Gasteiger partial charge on any atom is 0.128 e. The minimum Gasteiger partial charge on any atom is -0.344 e. The lowest BCUT2D eigenvalue weighted by Gasteiger charge is -2.08. The normalized spacial score (nSPS) is 12.6. The van der Waals surface area contributed by atoms with Gasteiger partial charge in [-0.2, -0.15) is 0 Å². The van der Waals surface area contributed by atoms with Crippen LogP contribution < -0.4 is 5.73 Å². The van der Waals surface area contributed by atoms with Crippen molar-refractivity contribution in [1.82, 2.24) is 9.97 Å². The Bertz CT molecular complexity index is 488. The number of nitrogens with one attached hydrogen (secondary N) is 1. The second-order valence-electron chi connectivity index (χ2n) is 4.54. The van der Waals surface area contributed by atoms with Crippen LogP contribution in [0.3, 0.4) is 0 Å². The van der Waals surface area contributed by atoms with Gasteiger partial charge in [-0.15, -0.1) is 0 Å². The molecule has 1 heterocycles. The molecule has 2 rings (SSSR count). The highest BCUT2D eigenvalue weighted by Crippen LogP contribution is 2.19. The molecule has 3 heteroatoms. The van der Waals surface area contributed by atoms with Crippen LogP contribution in [0.2, 0.25) is 0 Å². The summed E-state index contributed by atoms with van der Waals surface area (Å²) < 4.78 is 0. The molecule has 0 saturated heterocycles. The molecule has 0 radical (unpaired) electrons. The van der Waals surface area contributed by atoms with Crippen LogP contribution in [0.25, 0.3) is 0 Å². The quantitative estimate of drug-likeness (QED) is 0.848. The SMILES string of the molecule is CCCc1[nH]c(C(N)c2ccccc2)nc1CC. The number of imidazole rings is 1. The molecule has 0 aliphatic rings. The fraction of sp³-hybridized carbons (Fsp3) is 0.400. The highest BCUT2D eigenvalue weighted by molar-refractivity contribution is 5.26. The summed E-state index contributed by atoms with van der Waals surface area (Å²) in [5.41, 5.74) is 9.74. The monoisotopic (exact) mass is 243 g/mol. The van der Waals surface area contributed by atoms with Gasteiger partial charge in [0.05, 0.1) is 11.7 Å². The maximum absolute atomic E-state index is 6.26. The van der Waals surface area contributed by atoms with E-state index in [0.717, 1.165) is 36.3 Å². The fourth-order valence-electron chi connectivity index (χ4n) is 2.18. The molecule has 1 atom stereocenters. The molecule has 3 N–H and O–H groups in total. The zero-order valence-electron chi connectivity index (χ0n) is 11.1. The molecule has 0 fully saturated rings. The zero-order valence-corrected chi connectivity index (χ0v) is 11.1. The summed E-state index contributed by atoms with van der Waals surface area (Å²) in [6.45, 7) is 4.31. The molecule has 18 heavy (non-hydrogen) atoms. The first-order valence-electron chi connectivity index (χ1n) is 6.64. The van der Waals surface area contributed by atoms with Crippen LogP contribution in [-0.4, -0.2) is 9.97 Å². The molecule has 1 aromatic carbocycles. The molecular weight excluding hydrogens is 222 g/mol. The fourth-order valence-corrected chi connectivity index (χ4v) is 2.18. The average Bonchev–Trinajstić information content (AvgIpc) is 2.82. The second-order valence-corrected chi connectivity index (χ2v) is 4.54. The van der Waals surface area contributed by atoms with Crippen molar-refractivity contribution in [2.75, 3.05) is 0 Å². The third-order valence-electron chi connectivity index (χ3n) is 3.17. The van der Waals surface area contributed by atoms with E-state index in [-0.39, 0.29) is 6.04 Å². The summed E-state index contributed by atoms with van der Waals surface area (Å²) in [5.74, 6) is 0.876. The highest BCUT2D eigenvalue weighted by atomic mass is 15.0. The van der Waals surface area contributed by atoms with Crippen LogP contribution in [0.1, 0.15) is 49.1 Å². The second kappa shape index (κ2) is 5.83. The van der Waals surface area contributed by atoms with Crippen molar-refractivity contribution in [3.05, 3.63) is 53.1 Å². The molecule has 0 bridgehead atoms. The molecule has 96 valence electrons. The zero-order chi connectivity index (χ0) is 13.0. The van der Waals surface area contributed by atoms with E-state index >= 15 is 0 Å². The van der Waals surface area contributed by atoms with Gasteiger partial charge in [0.1, 0.15) is 5.82 Å². The Morgan fingerprint density at radius 2 is 1.94 bits per heavy atom. The van der Waals surface area contributed by atoms with Crippen molar-refractivity contribution in [3.8, 4) is 0 Å². The lowest BCUT2D eigenvalue weighted by Crippen LogP contribution is -2.13. The Labute approximate surface area is 108 Å². The predicted octanol–water partition coefficient (Wildman–Crippen LogP) is 2.97. The van der Waals surface area contributed by atoms with Gasteiger partial charge < -0.3 is 10.7 Å². The predicted molar refractivity (Wildman–Crippen MR) is 74.4 cm³/mol. The Hall–Kier alpha value is -1.61. The largest absolute Gasteiger partial charge is 0.344 e. The Balaban J connectivity index is 2.28. The Kier molecular flexibility index (Phi) is 4.15.